The summed E-state index contributed by atoms with van der Waals surface area (Å²) in [4.78, 5) is 14.0. The molecule has 1 aromatic carbocycles. The van der Waals surface area contributed by atoms with Crippen LogP contribution in [0.2, 0.25) is 5.02 Å². The van der Waals surface area contributed by atoms with Crippen molar-refractivity contribution in [2.75, 3.05) is 19.0 Å². The van der Waals surface area contributed by atoms with Gasteiger partial charge in [-0.05, 0) is 41.8 Å². The van der Waals surface area contributed by atoms with E-state index in [1.807, 2.05) is 29.6 Å². The molecule has 3 aromatic rings. The van der Waals surface area contributed by atoms with Gasteiger partial charge in [-0.1, -0.05) is 17.7 Å². The first-order chi connectivity index (χ1) is 13.7. The van der Waals surface area contributed by atoms with Crippen LogP contribution in [-0.2, 0) is 4.79 Å². The number of hydrazone groups is 1. The Morgan fingerprint density at radius 2 is 2.29 bits per heavy atom. The number of carbonyl (C=O) groups excluding carboxylic acids is 1. The van der Waals surface area contributed by atoms with Crippen LogP contribution >= 0.6 is 22.9 Å². The average Bonchev–Trinajstić information content (AvgIpc) is 3.46. The number of furan rings is 1. The molecule has 1 N–H and O–H groups in total. The number of thiophene rings is 1. The molecule has 1 aliphatic heterocycles. The van der Waals surface area contributed by atoms with Crippen LogP contribution in [0.5, 0.6) is 5.75 Å². The Balaban J connectivity index is 1.54. The highest BCUT2D eigenvalue weighted by molar-refractivity contribution is 7.12. The van der Waals surface area contributed by atoms with Gasteiger partial charge in [0.2, 0.25) is 0 Å². The summed E-state index contributed by atoms with van der Waals surface area (Å²) in [5.41, 5.74) is 1.53. The molecule has 0 saturated carbocycles. The van der Waals surface area contributed by atoms with Crippen molar-refractivity contribution in [3.05, 3.63) is 69.8 Å². The van der Waals surface area contributed by atoms with Gasteiger partial charge in [-0.2, -0.15) is 5.10 Å². The number of nitrogens with zero attached hydrogens (tertiary/aromatic N) is 2. The minimum atomic E-state index is -0.261. The number of methoxy groups -OCH3 is 1. The number of hydrogen-bond donors (Lipinski definition) is 1. The topological polar surface area (TPSA) is 67.1 Å². The van der Waals surface area contributed by atoms with Crippen molar-refractivity contribution in [1.29, 1.82) is 0 Å². The van der Waals surface area contributed by atoms with Crippen LogP contribution in [0.1, 0.15) is 23.1 Å². The third-order valence-electron chi connectivity index (χ3n) is 4.43. The van der Waals surface area contributed by atoms with Gasteiger partial charge in [0.15, 0.2) is 0 Å². The van der Waals surface area contributed by atoms with Crippen molar-refractivity contribution in [1.82, 2.24) is 5.01 Å². The number of hydrogen-bond acceptors (Lipinski definition) is 6. The molecule has 1 atom stereocenters. The number of rotatable bonds is 6. The molecule has 1 aliphatic rings. The van der Waals surface area contributed by atoms with Crippen molar-refractivity contribution in [2.24, 2.45) is 5.10 Å². The molecule has 8 heteroatoms. The first-order valence-corrected chi connectivity index (χ1v) is 9.95. The van der Waals surface area contributed by atoms with Crippen LogP contribution < -0.4 is 10.1 Å². The number of benzene rings is 1. The minimum absolute atomic E-state index is 0.0507. The summed E-state index contributed by atoms with van der Waals surface area (Å²) in [6.07, 6.45) is 2.22. The van der Waals surface area contributed by atoms with Gasteiger partial charge in [0.05, 0.1) is 36.2 Å². The monoisotopic (exact) mass is 415 g/mol. The second kappa shape index (κ2) is 8.08. The first-order valence-electron chi connectivity index (χ1n) is 8.70. The number of amides is 1. The van der Waals surface area contributed by atoms with E-state index in [0.717, 1.165) is 10.6 Å². The Bertz CT molecular complexity index is 986. The molecule has 0 bridgehead atoms. The number of ether oxygens (including phenoxy) is 1. The SMILES string of the molecule is COc1ccc(Cl)cc1NCC(=O)N1N=C(c2cccs2)CC1c1ccco1. The lowest BCUT2D eigenvalue weighted by Gasteiger charge is -2.20. The van der Waals surface area contributed by atoms with Gasteiger partial charge < -0.3 is 14.5 Å². The molecule has 144 valence electrons. The number of anilines is 1. The predicted octanol–water partition coefficient (Wildman–Crippen LogP) is 4.79. The number of halogens is 1. The molecule has 2 aromatic heterocycles. The summed E-state index contributed by atoms with van der Waals surface area (Å²) in [5, 5.41) is 11.7. The van der Waals surface area contributed by atoms with Crippen molar-refractivity contribution in [2.45, 2.75) is 12.5 Å². The Morgan fingerprint density at radius 1 is 1.39 bits per heavy atom. The second-order valence-electron chi connectivity index (χ2n) is 6.20. The smallest absolute Gasteiger partial charge is 0.262 e. The lowest BCUT2D eigenvalue weighted by molar-refractivity contribution is -0.131. The van der Waals surface area contributed by atoms with Gasteiger partial charge in [-0.3, -0.25) is 4.79 Å². The summed E-state index contributed by atoms with van der Waals surface area (Å²) >= 11 is 7.66. The van der Waals surface area contributed by atoms with E-state index in [0.29, 0.717) is 28.6 Å². The quantitative estimate of drug-likeness (QED) is 0.628. The van der Waals surface area contributed by atoms with E-state index in [1.165, 1.54) is 5.01 Å². The van der Waals surface area contributed by atoms with Crippen LogP contribution in [0.3, 0.4) is 0 Å². The second-order valence-corrected chi connectivity index (χ2v) is 7.58. The Kier molecular flexibility index (Phi) is 5.36. The summed E-state index contributed by atoms with van der Waals surface area (Å²) in [5.74, 6) is 1.16. The van der Waals surface area contributed by atoms with Gasteiger partial charge in [0, 0.05) is 11.4 Å². The van der Waals surface area contributed by atoms with Gasteiger partial charge in [-0.15, -0.1) is 11.3 Å². The van der Waals surface area contributed by atoms with Crippen molar-refractivity contribution < 1.29 is 13.9 Å². The van der Waals surface area contributed by atoms with E-state index in [2.05, 4.69) is 10.4 Å². The highest BCUT2D eigenvalue weighted by Gasteiger charge is 2.35. The molecule has 0 spiro atoms. The standard InChI is InChI=1S/C20H18ClN3O3S/c1-26-17-7-6-13(21)10-14(17)22-12-20(25)24-16(18-4-2-8-27-18)11-15(23-24)19-5-3-9-28-19/h2-10,16,22H,11-12H2,1H3. The van der Waals surface area contributed by atoms with Crippen LogP contribution in [-0.4, -0.2) is 30.3 Å². The van der Waals surface area contributed by atoms with E-state index in [-0.39, 0.29) is 18.5 Å². The first kappa shape index (κ1) is 18.6. The van der Waals surface area contributed by atoms with Gasteiger partial charge in [0.25, 0.3) is 5.91 Å². The van der Waals surface area contributed by atoms with Crippen molar-refractivity contribution in [3.8, 4) is 5.75 Å². The third-order valence-corrected chi connectivity index (χ3v) is 5.59. The summed E-state index contributed by atoms with van der Waals surface area (Å²) < 4.78 is 10.9. The fourth-order valence-corrected chi connectivity index (χ4v) is 4.00. The predicted molar refractivity (Wildman–Crippen MR) is 110 cm³/mol. The normalized spacial score (nSPS) is 16.1. The summed E-state index contributed by atoms with van der Waals surface area (Å²) in [7, 11) is 1.57. The van der Waals surface area contributed by atoms with Crippen LogP contribution in [0.4, 0.5) is 5.69 Å². The lowest BCUT2D eigenvalue weighted by Crippen LogP contribution is -2.32. The largest absolute Gasteiger partial charge is 0.495 e. The molecule has 3 heterocycles. The van der Waals surface area contributed by atoms with E-state index < -0.39 is 0 Å². The lowest BCUT2D eigenvalue weighted by atomic mass is 10.1. The van der Waals surface area contributed by atoms with Crippen LogP contribution in [0.25, 0.3) is 0 Å². The van der Waals surface area contributed by atoms with E-state index in [4.69, 9.17) is 20.8 Å². The van der Waals surface area contributed by atoms with Gasteiger partial charge in [0.1, 0.15) is 17.6 Å². The molecular formula is C20H18ClN3O3S. The van der Waals surface area contributed by atoms with Crippen molar-refractivity contribution in [3.63, 3.8) is 0 Å². The maximum absolute atomic E-state index is 13.0. The molecule has 1 unspecified atom stereocenters. The van der Waals surface area contributed by atoms with E-state index in [1.54, 1.807) is 42.9 Å². The number of nitrogens with one attached hydrogen (secondary N) is 1. The Hall–Kier alpha value is -2.77. The van der Waals surface area contributed by atoms with E-state index in [9.17, 15) is 4.79 Å². The molecule has 1 amide bonds. The Morgan fingerprint density at radius 3 is 3.00 bits per heavy atom. The zero-order valence-corrected chi connectivity index (χ0v) is 16.7. The maximum Gasteiger partial charge on any atom is 0.262 e. The molecule has 0 saturated heterocycles. The van der Waals surface area contributed by atoms with Crippen LogP contribution in [0, 0.1) is 0 Å². The zero-order valence-electron chi connectivity index (χ0n) is 15.1. The molecule has 0 fully saturated rings. The molecule has 0 radical (unpaired) electrons. The Labute approximate surface area is 171 Å². The highest BCUT2D eigenvalue weighted by atomic mass is 35.5. The summed E-state index contributed by atoms with van der Waals surface area (Å²) in [6.45, 7) is 0.0507. The number of carbonyl (C=O) groups is 1. The molecule has 0 aliphatic carbocycles. The molecule has 6 nitrogen and oxygen atoms in total. The molecule has 28 heavy (non-hydrogen) atoms. The highest BCUT2D eigenvalue weighted by Crippen LogP contribution is 2.34. The van der Waals surface area contributed by atoms with Crippen molar-refractivity contribution >= 4 is 40.2 Å². The molecular weight excluding hydrogens is 398 g/mol. The fraction of sp³-hybridized carbons (Fsp3) is 0.200. The average molecular weight is 416 g/mol. The van der Waals surface area contributed by atoms with Gasteiger partial charge >= 0.3 is 0 Å². The third kappa shape index (κ3) is 3.76. The zero-order chi connectivity index (χ0) is 19.5. The minimum Gasteiger partial charge on any atom is -0.495 e. The van der Waals surface area contributed by atoms with E-state index >= 15 is 0 Å². The summed E-state index contributed by atoms with van der Waals surface area (Å²) in [6, 6.07) is 12.6. The maximum atomic E-state index is 13.0. The van der Waals surface area contributed by atoms with Gasteiger partial charge in [-0.25, -0.2) is 5.01 Å². The molecule has 4 rings (SSSR count). The fourth-order valence-electron chi connectivity index (χ4n) is 3.10. The van der Waals surface area contributed by atoms with Crippen LogP contribution in [0.15, 0.2) is 63.6 Å².